The van der Waals surface area contributed by atoms with Gasteiger partial charge in [-0.3, -0.25) is 4.79 Å². The summed E-state index contributed by atoms with van der Waals surface area (Å²) in [6, 6.07) is 14.2. The molecule has 0 atom stereocenters. The number of rotatable bonds is 3. The number of aliphatic imine (C=N–C) groups is 2. The zero-order valence-corrected chi connectivity index (χ0v) is 17.7. The molecule has 0 radical (unpaired) electrons. The number of aryl methyl sites for hydroxylation is 1. The van der Waals surface area contributed by atoms with Crippen LogP contribution in [0.3, 0.4) is 0 Å². The van der Waals surface area contributed by atoms with Crippen LogP contribution in [-0.2, 0) is 9.53 Å². The highest BCUT2D eigenvalue weighted by molar-refractivity contribution is 6.36. The third-order valence-electron chi connectivity index (χ3n) is 4.35. The van der Waals surface area contributed by atoms with Gasteiger partial charge in [0.25, 0.3) is 5.91 Å². The van der Waals surface area contributed by atoms with Gasteiger partial charge in [0.15, 0.2) is 5.84 Å². The van der Waals surface area contributed by atoms with Gasteiger partial charge < -0.3 is 9.84 Å². The van der Waals surface area contributed by atoms with E-state index in [1.54, 1.807) is 57.2 Å². The van der Waals surface area contributed by atoms with Crippen molar-refractivity contribution in [3.05, 3.63) is 82.1 Å². The number of amidine groups is 1. The summed E-state index contributed by atoms with van der Waals surface area (Å²) in [4.78, 5) is 34.0. The highest BCUT2D eigenvalue weighted by atomic mass is 16.6. The van der Waals surface area contributed by atoms with E-state index in [2.05, 4.69) is 9.98 Å². The minimum atomic E-state index is -0.741. The van der Waals surface area contributed by atoms with Crippen LogP contribution in [0.4, 0.5) is 0 Å². The second kappa shape index (κ2) is 8.06. The first-order valence-electron chi connectivity index (χ1n) is 9.58. The predicted molar refractivity (Wildman–Crippen MR) is 116 cm³/mol. The quantitative estimate of drug-likeness (QED) is 0.461. The van der Waals surface area contributed by atoms with Gasteiger partial charge in [0.1, 0.15) is 16.9 Å². The number of hydrogen-bond donors (Lipinski definition) is 1. The number of carbonyl (C=O) groups is 2. The molecule has 0 fully saturated rings. The molecular weight excluding hydrogens is 380 g/mol. The number of nitrogens with zero attached hydrogens (tertiary/aromatic N) is 2. The van der Waals surface area contributed by atoms with Crippen LogP contribution >= 0.6 is 0 Å². The molecule has 1 aliphatic rings. The Morgan fingerprint density at radius 2 is 1.60 bits per heavy atom. The van der Waals surface area contributed by atoms with Crippen LogP contribution in [0, 0.1) is 6.92 Å². The summed E-state index contributed by atoms with van der Waals surface area (Å²) in [5, 5.41) is 10.2. The van der Waals surface area contributed by atoms with Gasteiger partial charge in [-0.05, 0) is 46.8 Å². The molecule has 2 aromatic carbocycles. The Kier molecular flexibility index (Phi) is 5.69. The van der Waals surface area contributed by atoms with Gasteiger partial charge in [-0.1, -0.05) is 42.0 Å². The van der Waals surface area contributed by atoms with Crippen molar-refractivity contribution in [3.63, 3.8) is 0 Å². The number of esters is 1. The number of benzene rings is 2. The molecule has 1 heterocycles. The highest BCUT2D eigenvalue weighted by Gasteiger charge is 2.32. The second-order valence-electron chi connectivity index (χ2n) is 8.07. The van der Waals surface area contributed by atoms with Gasteiger partial charge in [0, 0.05) is 16.7 Å². The highest BCUT2D eigenvalue weighted by Crippen LogP contribution is 2.27. The number of fused-ring (bicyclic) bond motifs is 1. The van der Waals surface area contributed by atoms with Crippen LogP contribution in [0.25, 0.3) is 0 Å². The molecule has 0 saturated heterocycles. The molecule has 0 saturated carbocycles. The summed E-state index contributed by atoms with van der Waals surface area (Å²) in [6.07, 6.45) is 0. The average molecular weight is 404 g/mol. The molecule has 2 aromatic rings. The van der Waals surface area contributed by atoms with Crippen molar-refractivity contribution in [1.82, 2.24) is 0 Å². The zero-order chi connectivity index (χ0) is 22.1. The molecule has 0 aliphatic carbocycles. The number of carbonyl (C=O) groups excluding carboxylic acids is 2. The molecule has 30 heavy (non-hydrogen) atoms. The molecule has 1 aliphatic heterocycles. The van der Waals surface area contributed by atoms with E-state index in [9.17, 15) is 14.7 Å². The Balaban J connectivity index is 2.07. The van der Waals surface area contributed by atoms with Crippen molar-refractivity contribution in [2.24, 2.45) is 9.98 Å². The van der Waals surface area contributed by atoms with E-state index in [4.69, 9.17) is 4.74 Å². The lowest BCUT2D eigenvalue weighted by atomic mass is 9.99. The monoisotopic (exact) mass is 404 g/mol. The van der Waals surface area contributed by atoms with Crippen molar-refractivity contribution < 1.29 is 19.4 Å². The Morgan fingerprint density at radius 1 is 1.00 bits per heavy atom. The predicted octanol–water partition coefficient (Wildman–Crippen LogP) is 4.56. The number of allylic oxidation sites excluding steroid dienone is 1. The summed E-state index contributed by atoms with van der Waals surface area (Å²) >= 11 is 0. The first kappa shape index (κ1) is 21.2. The van der Waals surface area contributed by atoms with Crippen LogP contribution in [0.1, 0.15) is 54.7 Å². The van der Waals surface area contributed by atoms with Crippen molar-refractivity contribution >= 4 is 23.4 Å². The summed E-state index contributed by atoms with van der Waals surface area (Å²) in [7, 11) is 0. The van der Waals surface area contributed by atoms with Crippen LogP contribution < -0.4 is 0 Å². The first-order valence-corrected chi connectivity index (χ1v) is 9.58. The van der Waals surface area contributed by atoms with Gasteiger partial charge >= 0.3 is 5.97 Å². The fourth-order valence-corrected chi connectivity index (χ4v) is 2.99. The fourth-order valence-electron chi connectivity index (χ4n) is 2.99. The number of amides is 1. The zero-order valence-electron chi connectivity index (χ0n) is 17.7. The molecule has 1 amide bonds. The van der Waals surface area contributed by atoms with Crippen LogP contribution in [0.15, 0.2) is 69.8 Å². The van der Waals surface area contributed by atoms with Crippen molar-refractivity contribution in [1.29, 1.82) is 0 Å². The lowest BCUT2D eigenvalue weighted by molar-refractivity contribution is -0.149. The molecule has 3 rings (SSSR count). The van der Waals surface area contributed by atoms with Gasteiger partial charge in [0.05, 0.1) is 5.71 Å². The maximum Gasteiger partial charge on any atom is 0.344 e. The van der Waals surface area contributed by atoms with Gasteiger partial charge in [-0.15, -0.1) is 0 Å². The molecule has 6 nitrogen and oxygen atoms in total. The number of aliphatic hydroxyl groups is 1. The standard InChI is InChI=1S/C24H24N2O4/c1-14-10-12-16(13-11-14)22(28)26-21-18-9-7-6-8-17(18)20(25-21)19(15(2)27)23(29)30-24(3,4)5/h6-13,27H,1-5H3/b19-15-,26-21?. The molecule has 0 unspecified atom stereocenters. The molecule has 0 spiro atoms. The lowest BCUT2D eigenvalue weighted by Crippen LogP contribution is -2.28. The summed E-state index contributed by atoms with van der Waals surface area (Å²) in [6.45, 7) is 8.56. The van der Waals surface area contributed by atoms with E-state index in [0.29, 0.717) is 16.7 Å². The van der Waals surface area contributed by atoms with E-state index in [0.717, 1.165) is 5.56 Å². The number of ether oxygens (including phenoxy) is 1. The largest absolute Gasteiger partial charge is 0.512 e. The topological polar surface area (TPSA) is 88.3 Å². The summed E-state index contributed by atoms with van der Waals surface area (Å²) in [5.41, 5.74) is 2.12. The third-order valence-corrected chi connectivity index (χ3v) is 4.35. The van der Waals surface area contributed by atoms with Crippen molar-refractivity contribution in [2.45, 2.75) is 40.2 Å². The van der Waals surface area contributed by atoms with E-state index < -0.39 is 17.5 Å². The molecule has 154 valence electrons. The SMILES string of the molecule is C/C(O)=C(/C(=O)OC(C)(C)C)C1=NC(=NC(=O)c2ccc(C)cc2)c2ccccc21. The van der Waals surface area contributed by atoms with Crippen molar-refractivity contribution in [2.75, 3.05) is 0 Å². The normalized spacial score (nSPS) is 15.4. The fraction of sp³-hybridized carbons (Fsp3) is 0.250. The summed E-state index contributed by atoms with van der Waals surface area (Å²) in [5.74, 6) is -1.16. The Labute approximate surface area is 175 Å². The molecule has 6 heteroatoms. The lowest BCUT2D eigenvalue weighted by Gasteiger charge is -2.21. The Morgan fingerprint density at radius 3 is 2.17 bits per heavy atom. The van der Waals surface area contributed by atoms with Crippen LogP contribution in [0.2, 0.25) is 0 Å². The number of hydrogen-bond acceptors (Lipinski definition) is 4. The van der Waals surface area contributed by atoms with E-state index in [1.165, 1.54) is 6.92 Å². The molecule has 0 bridgehead atoms. The smallest absolute Gasteiger partial charge is 0.344 e. The van der Waals surface area contributed by atoms with Crippen LogP contribution in [0.5, 0.6) is 0 Å². The minimum absolute atomic E-state index is 0.0506. The maximum absolute atomic E-state index is 12.8. The molecular formula is C24H24N2O4. The van der Waals surface area contributed by atoms with E-state index in [-0.39, 0.29) is 22.9 Å². The van der Waals surface area contributed by atoms with Crippen LogP contribution in [-0.4, -0.2) is 34.1 Å². The Bertz CT molecular complexity index is 1100. The maximum atomic E-state index is 12.8. The Hall–Kier alpha value is -3.54. The van der Waals surface area contributed by atoms with Gasteiger partial charge in [-0.2, -0.15) is 4.99 Å². The van der Waals surface area contributed by atoms with Gasteiger partial charge in [-0.25, -0.2) is 9.79 Å². The van der Waals surface area contributed by atoms with E-state index >= 15 is 0 Å². The van der Waals surface area contributed by atoms with Gasteiger partial charge in [0.2, 0.25) is 0 Å². The van der Waals surface area contributed by atoms with E-state index in [1.807, 2.05) is 19.1 Å². The minimum Gasteiger partial charge on any atom is -0.512 e. The first-order chi connectivity index (χ1) is 14.1. The van der Waals surface area contributed by atoms with Crippen molar-refractivity contribution in [3.8, 4) is 0 Å². The molecule has 1 N–H and O–H groups in total. The third kappa shape index (κ3) is 4.54. The average Bonchev–Trinajstić information content (AvgIpc) is 2.99. The number of aliphatic hydroxyl groups excluding tert-OH is 1. The molecule has 0 aromatic heterocycles. The summed E-state index contributed by atoms with van der Waals surface area (Å²) < 4.78 is 5.44. The second-order valence-corrected chi connectivity index (χ2v) is 8.07.